The minimum absolute atomic E-state index is 0.174. The lowest BCUT2D eigenvalue weighted by Gasteiger charge is -2.08. The van der Waals surface area contributed by atoms with E-state index in [2.05, 4.69) is 0 Å². The molecular weight excluding hydrogens is 184 g/mol. The van der Waals surface area contributed by atoms with E-state index in [1.807, 2.05) is 0 Å². The Morgan fingerprint density at radius 2 is 1.92 bits per heavy atom. The Bertz CT molecular complexity index is 287. The Kier molecular flexibility index (Phi) is 2.13. The molecule has 12 heavy (non-hydrogen) atoms. The standard InChI is InChI=1S/C6H10O5S/c7-5(8)3-6(1-2-6)4-12(9,10)11/h1-4H2,(H,7,8)(H,9,10,11). The van der Waals surface area contributed by atoms with Gasteiger partial charge in [-0.2, -0.15) is 8.42 Å². The minimum atomic E-state index is -4.03. The first-order valence-electron chi connectivity index (χ1n) is 3.50. The molecule has 1 aliphatic rings. The highest BCUT2D eigenvalue weighted by Gasteiger charge is 2.47. The van der Waals surface area contributed by atoms with Crippen molar-refractivity contribution in [2.45, 2.75) is 19.3 Å². The van der Waals surface area contributed by atoms with Gasteiger partial charge < -0.3 is 5.11 Å². The molecule has 2 N–H and O–H groups in total. The molecule has 0 amide bonds. The molecule has 1 fully saturated rings. The number of carboxylic acids is 1. The number of hydrogen-bond acceptors (Lipinski definition) is 3. The maximum Gasteiger partial charge on any atom is 0.303 e. The smallest absolute Gasteiger partial charge is 0.303 e. The van der Waals surface area contributed by atoms with Gasteiger partial charge in [0.1, 0.15) is 0 Å². The lowest BCUT2D eigenvalue weighted by Crippen LogP contribution is -2.19. The maximum atomic E-state index is 10.4. The Morgan fingerprint density at radius 1 is 1.42 bits per heavy atom. The Balaban J connectivity index is 2.57. The maximum absolute atomic E-state index is 10.4. The zero-order chi connectivity index (χ0) is 9.41. The Hall–Kier alpha value is -0.620. The van der Waals surface area contributed by atoms with E-state index in [1.165, 1.54) is 0 Å². The second-order valence-corrected chi connectivity index (χ2v) is 4.75. The van der Waals surface area contributed by atoms with Crippen LogP contribution in [0.15, 0.2) is 0 Å². The third-order valence-electron chi connectivity index (χ3n) is 1.97. The molecule has 70 valence electrons. The molecule has 0 aromatic rings. The molecule has 1 rings (SSSR count). The van der Waals surface area contributed by atoms with E-state index in [1.54, 1.807) is 0 Å². The average Bonchev–Trinajstić information content (AvgIpc) is 2.40. The van der Waals surface area contributed by atoms with E-state index in [4.69, 9.17) is 9.66 Å². The molecule has 0 atom stereocenters. The fourth-order valence-corrected chi connectivity index (χ4v) is 2.42. The summed E-state index contributed by atoms with van der Waals surface area (Å²) in [4.78, 5) is 10.3. The zero-order valence-electron chi connectivity index (χ0n) is 6.36. The fraction of sp³-hybridized carbons (Fsp3) is 0.833. The van der Waals surface area contributed by atoms with Crippen LogP contribution in [0.2, 0.25) is 0 Å². The van der Waals surface area contributed by atoms with Crippen molar-refractivity contribution >= 4 is 16.1 Å². The topological polar surface area (TPSA) is 91.7 Å². The van der Waals surface area contributed by atoms with Gasteiger partial charge >= 0.3 is 5.97 Å². The highest BCUT2D eigenvalue weighted by Crippen LogP contribution is 2.49. The van der Waals surface area contributed by atoms with E-state index >= 15 is 0 Å². The first-order valence-corrected chi connectivity index (χ1v) is 5.11. The first kappa shape index (κ1) is 9.47. The molecule has 0 spiro atoms. The van der Waals surface area contributed by atoms with Crippen LogP contribution in [0, 0.1) is 5.41 Å². The number of hydrogen-bond donors (Lipinski definition) is 2. The summed E-state index contributed by atoms with van der Waals surface area (Å²) >= 11 is 0. The highest BCUT2D eigenvalue weighted by molar-refractivity contribution is 7.85. The molecule has 0 saturated heterocycles. The van der Waals surface area contributed by atoms with Crippen molar-refractivity contribution in [1.82, 2.24) is 0 Å². The molecular formula is C6H10O5S. The van der Waals surface area contributed by atoms with Crippen molar-refractivity contribution in [3.63, 3.8) is 0 Å². The predicted molar refractivity (Wildman–Crippen MR) is 40.3 cm³/mol. The quantitative estimate of drug-likeness (QED) is 0.620. The number of carboxylic acid groups (broad SMARTS) is 1. The van der Waals surface area contributed by atoms with Crippen LogP contribution >= 0.6 is 0 Å². The van der Waals surface area contributed by atoms with Gasteiger partial charge in [0.2, 0.25) is 0 Å². The van der Waals surface area contributed by atoms with Crippen LogP contribution < -0.4 is 0 Å². The molecule has 0 aromatic carbocycles. The third kappa shape index (κ3) is 2.78. The van der Waals surface area contributed by atoms with Gasteiger partial charge in [-0.25, -0.2) is 0 Å². The molecule has 0 aliphatic heterocycles. The second-order valence-electron chi connectivity index (χ2n) is 3.30. The Labute approximate surface area is 70.1 Å². The monoisotopic (exact) mass is 194 g/mol. The van der Waals surface area contributed by atoms with Gasteiger partial charge in [0.25, 0.3) is 10.1 Å². The molecule has 0 heterocycles. The van der Waals surface area contributed by atoms with Crippen LogP contribution in [0.5, 0.6) is 0 Å². The first-order chi connectivity index (χ1) is 5.33. The molecule has 0 radical (unpaired) electrons. The van der Waals surface area contributed by atoms with Gasteiger partial charge in [0.15, 0.2) is 0 Å². The highest BCUT2D eigenvalue weighted by atomic mass is 32.2. The Morgan fingerprint density at radius 3 is 2.17 bits per heavy atom. The molecule has 0 bridgehead atoms. The normalized spacial score (nSPS) is 20.4. The minimum Gasteiger partial charge on any atom is -0.481 e. The van der Waals surface area contributed by atoms with Crippen LogP contribution in [0.1, 0.15) is 19.3 Å². The van der Waals surface area contributed by atoms with Crippen LogP contribution in [0.25, 0.3) is 0 Å². The number of carbonyl (C=O) groups is 1. The molecule has 0 unspecified atom stereocenters. The van der Waals surface area contributed by atoms with Crippen LogP contribution in [0.3, 0.4) is 0 Å². The summed E-state index contributed by atoms with van der Waals surface area (Å²) in [6.07, 6.45) is 0.963. The largest absolute Gasteiger partial charge is 0.481 e. The van der Waals surface area contributed by atoms with Crippen molar-refractivity contribution in [2.24, 2.45) is 5.41 Å². The lowest BCUT2D eigenvalue weighted by atomic mass is 10.1. The fourth-order valence-electron chi connectivity index (χ4n) is 1.26. The van der Waals surface area contributed by atoms with E-state index in [-0.39, 0.29) is 6.42 Å². The molecule has 0 aromatic heterocycles. The second kappa shape index (κ2) is 2.70. The average molecular weight is 194 g/mol. The van der Waals surface area contributed by atoms with Crippen molar-refractivity contribution in [1.29, 1.82) is 0 Å². The summed E-state index contributed by atoms with van der Waals surface area (Å²) < 4.78 is 29.3. The third-order valence-corrected chi connectivity index (χ3v) is 2.95. The van der Waals surface area contributed by atoms with Crippen molar-refractivity contribution in [3.05, 3.63) is 0 Å². The van der Waals surface area contributed by atoms with Gasteiger partial charge in [0, 0.05) is 0 Å². The van der Waals surface area contributed by atoms with E-state index in [9.17, 15) is 13.2 Å². The van der Waals surface area contributed by atoms with Gasteiger partial charge in [-0.05, 0) is 18.3 Å². The summed E-state index contributed by atoms with van der Waals surface area (Å²) in [5.41, 5.74) is -0.681. The zero-order valence-corrected chi connectivity index (χ0v) is 7.17. The number of rotatable bonds is 4. The van der Waals surface area contributed by atoms with Crippen LogP contribution in [-0.2, 0) is 14.9 Å². The molecule has 6 heteroatoms. The van der Waals surface area contributed by atoms with Crippen molar-refractivity contribution in [2.75, 3.05) is 5.75 Å². The van der Waals surface area contributed by atoms with Crippen LogP contribution in [-0.4, -0.2) is 29.8 Å². The van der Waals surface area contributed by atoms with Gasteiger partial charge in [-0.15, -0.1) is 0 Å². The van der Waals surface area contributed by atoms with Crippen LogP contribution in [0.4, 0.5) is 0 Å². The van der Waals surface area contributed by atoms with E-state index in [0.717, 1.165) is 0 Å². The lowest BCUT2D eigenvalue weighted by molar-refractivity contribution is -0.138. The van der Waals surface area contributed by atoms with Crippen molar-refractivity contribution < 1.29 is 22.9 Å². The molecule has 1 saturated carbocycles. The summed E-state index contributed by atoms with van der Waals surface area (Å²) in [5.74, 6) is -1.44. The van der Waals surface area contributed by atoms with Gasteiger partial charge in [0.05, 0.1) is 12.2 Å². The molecule has 5 nitrogen and oxygen atoms in total. The summed E-state index contributed by atoms with van der Waals surface area (Å²) in [7, 11) is -4.03. The SMILES string of the molecule is O=C(O)CC1(CS(=O)(=O)O)CC1. The van der Waals surface area contributed by atoms with E-state index < -0.39 is 27.3 Å². The number of aliphatic carboxylic acids is 1. The van der Waals surface area contributed by atoms with Crippen molar-refractivity contribution in [3.8, 4) is 0 Å². The van der Waals surface area contributed by atoms with E-state index in [0.29, 0.717) is 12.8 Å². The molecule has 1 aliphatic carbocycles. The van der Waals surface area contributed by atoms with Gasteiger partial charge in [-0.3, -0.25) is 9.35 Å². The summed E-state index contributed by atoms with van der Waals surface area (Å²) in [6, 6.07) is 0. The summed E-state index contributed by atoms with van der Waals surface area (Å²) in [6.45, 7) is 0. The van der Waals surface area contributed by atoms with Gasteiger partial charge in [-0.1, -0.05) is 0 Å². The summed E-state index contributed by atoms with van der Waals surface area (Å²) in [5, 5.41) is 8.41. The predicted octanol–water partition coefficient (Wildman–Crippen LogP) is 0.129.